The van der Waals surface area contributed by atoms with Crippen molar-refractivity contribution in [3.63, 3.8) is 0 Å². The molecule has 0 bridgehead atoms. The van der Waals surface area contributed by atoms with Crippen molar-refractivity contribution in [1.82, 2.24) is 9.62 Å². The lowest BCUT2D eigenvalue weighted by atomic mass is 9.83. The Morgan fingerprint density at radius 1 is 1.09 bits per heavy atom. The molecule has 0 saturated carbocycles. The third kappa shape index (κ3) is 5.42. The smallest absolute Gasteiger partial charge is 0.223 e. The highest BCUT2D eigenvalue weighted by Gasteiger charge is 2.40. The first-order valence-electron chi connectivity index (χ1n) is 12.1. The maximum atomic E-state index is 13.2. The highest BCUT2D eigenvalue weighted by Crippen LogP contribution is 2.42. The number of rotatable bonds is 7. The molecule has 1 N–H and O–H groups in total. The Balaban J connectivity index is 1.38. The number of benzene rings is 2. The van der Waals surface area contributed by atoms with Crippen LogP contribution >= 0.6 is 11.6 Å². The Morgan fingerprint density at radius 2 is 1.74 bits per heavy atom. The van der Waals surface area contributed by atoms with Crippen LogP contribution in [-0.2, 0) is 20.6 Å². The number of sulfonamides is 1. The van der Waals surface area contributed by atoms with E-state index in [1.54, 1.807) is 24.3 Å². The third-order valence-electron chi connectivity index (χ3n) is 7.28. The first kappa shape index (κ1) is 25.0. The molecule has 2 heterocycles. The molecule has 2 aliphatic heterocycles. The summed E-state index contributed by atoms with van der Waals surface area (Å²) in [6.07, 6.45) is 3.51. The van der Waals surface area contributed by atoms with Gasteiger partial charge in [-0.15, -0.1) is 0 Å². The van der Waals surface area contributed by atoms with E-state index in [9.17, 15) is 13.2 Å². The van der Waals surface area contributed by atoms with Gasteiger partial charge in [-0.3, -0.25) is 4.79 Å². The van der Waals surface area contributed by atoms with Crippen molar-refractivity contribution >= 4 is 27.5 Å². The molecule has 0 aliphatic carbocycles. The summed E-state index contributed by atoms with van der Waals surface area (Å²) in [5.74, 6) is 0.578. The fourth-order valence-electron chi connectivity index (χ4n) is 5.00. The second-order valence-corrected chi connectivity index (χ2v) is 11.8. The van der Waals surface area contributed by atoms with Gasteiger partial charge in [0, 0.05) is 36.0 Å². The SMILES string of the molecule is CCC1(CC)C[C@H](NC(=O)C2CCN(S(=O)(=O)Cc3ccc(Cl)cc3)CC2)c2ccccc2O1. The number of amides is 1. The minimum Gasteiger partial charge on any atom is -0.487 e. The third-order valence-corrected chi connectivity index (χ3v) is 9.38. The summed E-state index contributed by atoms with van der Waals surface area (Å²) in [7, 11) is -3.45. The Labute approximate surface area is 207 Å². The van der Waals surface area contributed by atoms with Crippen molar-refractivity contribution in [3.05, 3.63) is 64.7 Å². The van der Waals surface area contributed by atoms with E-state index >= 15 is 0 Å². The number of para-hydroxylation sites is 1. The van der Waals surface area contributed by atoms with Crippen LogP contribution in [0, 0.1) is 5.92 Å². The van der Waals surface area contributed by atoms with Crippen LogP contribution in [0.4, 0.5) is 0 Å². The van der Waals surface area contributed by atoms with Crippen molar-refractivity contribution in [2.75, 3.05) is 13.1 Å². The zero-order valence-corrected chi connectivity index (χ0v) is 21.4. The van der Waals surface area contributed by atoms with E-state index in [0.717, 1.165) is 30.6 Å². The predicted octanol–water partition coefficient (Wildman–Crippen LogP) is 5.08. The number of nitrogens with zero attached hydrogens (tertiary/aromatic N) is 1. The zero-order chi connectivity index (χ0) is 24.3. The Morgan fingerprint density at radius 3 is 2.38 bits per heavy atom. The summed E-state index contributed by atoms with van der Waals surface area (Å²) in [6, 6.07) is 14.7. The fraction of sp³-hybridized carbons (Fsp3) is 0.500. The van der Waals surface area contributed by atoms with Gasteiger partial charge in [-0.1, -0.05) is 55.8 Å². The predicted molar refractivity (Wildman–Crippen MR) is 134 cm³/mol. The van der Waals surface area contributed by atoms with Crippen LogP contribution in [-0.4, -0.2) is 37.3 Å². The molecular formula is C26H33ClN2O4S. The summed E-state index contributed by atoms with van der Waals surface area (Å²) in [5.41, 5.74) is 1.43. The summed E-state index contributed by atoms with van der Waals surface area (Å²) in [5, 5.41) is 3.85. The number of nitrogens with one attached hydrogen (secondary N) is 1. The van der Waals surface area contributed by atoms with Gasteiger partial charge in [-0.05, 0) is 49.4 Å². The lowest BCUT2D eigenvalue weighted by Gasteiger charge is -2.42. The van der Waals surface area contributed by atoms with Crippen LogP contribution in [0.5, 0.6) is 5.75 Å². The van der Waals surface area contributed by atoms with E-state index in [2.05, 4.69) is 19.2 Å². The lowest BCUT2D eigenvalue weighted by molar-refractivity contribution is -0.127. The van der Waals surface area contributed by atoms with Gasteiger partial charge in [0.2, 0.25) is 15.9 Å². The summed E-state index contributed by atoms with van der Waals surface area (Å²) < 4.78 is 33.6. The molecule has 2 aromatic rings. The Bertz CT molecular complexity index is 1110. The van der Waals surface area contributed by atoms with Crippen LogP contribution in [0.25, 0.3) is 0 Å². The van der Waals surface area contributed by atoms with Gasteiger partial charge < -0.3 is 10.1 Å². The molecule has 0 aromatic heterocycles. The van der Waals surface area contributed by atoms with E-state index in [1.165, 1.54) is 4.31 Å². The minimum atomic E-state index is -3.45. The van der Waals surface area contributed by atoms with E-state index < -0.39 is 10.0 Å². The molecule has 0 spiro atoms. The molecule has 2 aliphatic rings. The van der Waals surface area contributed by atoms with E-state index in [0.29, 0.717) is 36.5 Å². The highest BCUT2D eigenvalue weighted by molar-refractivity contribution is 7.88. The van der Waals surface area contributed by atoms with Gasteiger partial charge in [0.05, 0.1) is 11.8 Å². The number of fused-ring (bicyclic) bond motifs is 1. The molecule has 1 fully saturated rings. The largest absolute Gasteiger partial charge is 0.487 e. The van der Waals surface area contributed by atoms with E-state index in [-0.39, 0.29) is 29.2 Å². The maximum Gasteiger partial charge on any atom is 0.223 e. The van der Waals surface area contributed by atoms with Gasteiger partial charge in [-0.2, -0.15) is 0 Å². The average Bonchev–Trinajstić information content (AvgIpc) is 2.85. The normalized spacial score (nSPS) is 20.9. The molecule has 0 radical (unpaired) electrons. The molecule has 1 amide bonds. The second kappa shape index (κ2) is 10.3. The van der Waals surface area contributed by atoms with Crippen molar-refractivity contribution in [3.8, 4) is 5.75 Å². The zero-order valence-electron chi connectivity index (χ0n) is 19.8. The highest BCUT2D eigenvalue weighted by atomic mass is 35.5. The van der Waals surface area contributed by atoms with Gasteiger partial charge in [-0.25, -0.2) is 12.7 Å². The number of ether oxygens (including phenoxy) is 1. The number of halogens is 1. The standard InChI is InChI=1S/C26H33ClN2O4S/c1-3-26(4-2)17-23(22-7-5-6-8-24(22)33-26)28-25(30)20-13-15-29(16-14-20)34(31,32)18-19-9-11-21(27)12-10-19/h5-12,20,23H,3-4,13-18H2,1-2H3,(H,28,30)/t23-/m0/s1. The van der Waals surface area contributed by atoms with Crippen LogP contribution < -0.4 is 10.1 Å². The van der Waals surface area contributed by atoms with Crippen molar-refractivity contribution in [2.24, 2.45) is 5.92 Å². The van der Waals surface area contributed by atoms with Crippen LogP contribution in [0.1, 0.15) is 63.1 Å². The maximum absolute atomic E-state index is 13.2. The van der Waals surface area contributed by atoms with Gasteiger partial charge in [0.15, 0.2) is 0 Å². The molecule has 1 atom stereocenters. The molecule has 2 aromatic carbocycles. The van der Waals surface area contributed by atoms with Crippen molar-refractivity contribution in [1.29, 1.82) is 0 Å². The lowest BCUT2D eigenvalue weighted by Crippen LogP contribution is -2.47. The number of hydrogen-bond acceptors (Lipinski definition) is 4. The number of carbonyl (C=O) groups is 1. The average molecular weight is 505 g/mol. The Hall–Kier alpha value is -2.09. The first-order valence-corrected chi connectivity index (χ1v) is 14.0. The molecule has 4 rings (SSSR count). The minimum absolute atomic E-state index is 0.00226. The first-order chi connectivity index (χ1) is 16.2. The van der Waals surface area contributed by atoms with Crippen molar-refractivity contribution < 1.29 is 17.9 Å². The van der Waals surface area contributed by atoms with Gasteiger partial charge in [0.25, 0.3) is 0 Å². The van der Waals surface area contributed by atoms with Crippen LogP contribution in [0.15, 0.2) is 48.5 Å². The number of carbonyl (C=O) groups excluding carboxylic acids is 1. The topological polar surface area (TPSA) is 75.7 Å². The second-order valence-electron chi connectivity index (χ2n) is 9.35. The molecule has 8 heteroatoms. The van der Waals surface area contributed by atoms with E-state index in [4.69, 9.17) is 16.3 Å². The van der Waals surface area contributed by atoms with Crippen LogP contribution in [0.2, 0.25) is 5.02 Å². The van der Waals surface area contributed by atoms with Gasteiger partial charge in [0.1, 0.15) is 11.4 Å². The Kier molecular flexibility index (Phi) is 7.55. The summed E-state index contributed by atoms with van der Waals surface area (Å²) in [4.78, 5) is 13.2. The number of piperidine rings is 1. The monoisotopic (exact) mass is 504 g/mol. The fourth-order valence-corrected chi connectivity index (χ4v) is 6.69. The van der Waals surface area contributed by atoms with E-state index in [1.807, 2.05) is 24.3 Å². The molecule has 34 heavy (non-hydrogen) atoms. The van der Waals surface area contributed by atoms with Crippen LogP contribution in [0.3, 0.4) is 0 Å². The molecule has 6 nitrogen and oxygen atoms in total. The van der Waals surface area contributed by atoms with Crippen molar-refractivity contribution in [2.45, 2.75) is 63.3 Å². The quantitative estimate of drug-likeness (QED) is 0.570. The number of hydrogen-bond donors (Lipinski definition) is 1. The molecular weight excluding hydrogens is 472 g/mol. The summed E-state index contributed by atoms with van der Waals surface area (Å²) in [6.45, 7) is 4.95. The molecule has 0 unspecified atom stereocenters. The molecule has 184 valence electrons. The summed E-state index contributed by atoms with van der Waals surface area (Å²) >= 11 is 5.90. The van der Waals surface area contributed by atoms with Gasteiger partial charge >= 0.3 is 0 Å². The molecule has 1 saturated heterocycles.